The van der Waals surface area contributed by atoms with Gasteiger partial charge >= 0.3 is 5.97 Å². The predicted octanol–water partition coefficient (Wildman–Crippen LogP) is 1.07. The smallest absolute Gasteiger partial charge is 0.344 e. The van der Waals surface area contributed by atoms with E-state index in [2.05, 4.69) is 9.78 Å². The maximum atomic E-state index is 11.4. The highest BCUT2D eigenvalue weighted by atomic mass is 17.1. The van der Waals surface area contributed by atoms with Crippen LogP contribution in [0, 0.1) is 0 Å². The second-order valence-corrected chi connectivity index (χ2v) is 4.10. The molecule has 0 aliphatic carbocycles. The molecule has 0 saturated carbocycles. The Morgan fingerprint density at radius 1 is 1.21 bits per heavy atom. The van der Waals surface area contributed by atoms with E-state index in [1.165, 1.54) is 6.92 Å². The molecule has 6 heteroatoms. The summed E-state index contributed by atoms with van der Waals surface area (Å²) in [6.45, 7) is 5.73. The van der Waals surface area contributed by atoms with E-state index in [1.54, 1.807) is 20.8 Å². The number of ether oxygens (including phenoxy) is 1. The molecular formula is C8H16O6. The number of rotatable bonds is 4. The predicted molar refractivity (Wildman–Crippen MR) is 46.5 cm³/mol. The van der Waals surface area contributed by atoms with Gasteiger partial charge in [-0.25, -0.2) is 14.6 Å². The lowest BCUT2D eigenvalue weighted by molar-refractivity contribution is -0.355. The van der Waals surface area contributed by atoms with Crippen molar-refractivity contribution in [3.63, 3.8) is 0 Å². The van der Waals surface area contributed by atoms with E-state index in [-0.39, 0.29) is 0 Å². The maximum Gasteiger partial charge on any atom is 0.344 e. The molecule has 0 fully saturated rings. The van der Waals surface area contributed by atoms with Gasteiger partial charge in [0.15, 0.2) is 0 Å². The highest BCUT2D eigenvalue weighted by Gasteiger charge is 2.40. The first-order valence-corrected chi connectivity index (χ1v) is 4.07. The van der Waals surface area contributed by atoms with Crippen LogP contribution in [0.2, 0.25) is 0 Å². The Morgan fingerprint density at radius 2 is 1.71 bits per heavy atom. The normalized spacial score (nSPS) is 16.1. The first-order valence-electron chi connectivity index (χ1n) is 4.07. The van der Waals surface area contributed by atoms with E-state index >= 15 is 0 Å². The Balaban J connectivity index is 4.46. The van der Waals surface area contributed by atoms with Gasteiger partial charge in [0.1, 0.15) is 12.2 Å². The fourth-order valence-corrected chi connectivity index (χ4v) is 0.632. The molecule has 0 aromatic heterocycles. The summed E-state index contributed by atoms with van der Waals surface area (Å²) in [4.78, 5) is 19.1. The summed E-state index contributed by atoms with van der Waals surface area (Å²) >= 11 is 0. The summed E-state index contributed by atoms with van der Waals surface area (Å²) in [5, 5.41) is 16.7. The number of hydrogen-bond acceptors (Lipinski definition) is 6. The van der Waals surface area contributed by atoms with Gasteiger partial charge in [0.05, 0.1) is 0 Å². The zero-order valence-electron chi connectivity index (χ0n) is 8.73. The lowest BCUT2D eigenvalue weighted by Crippen LogP contribution is -2.46. The van der Waals surface area contributed by atoms with Crippen LogP contribution in [-0.4, -0.2) is 34.3 Å². The van der Waals surface area contributed by atoms with E-state index < -0.39 is 23.8 Å². The van der Waals surface area contributed by atoms with Crippen molar-refractivity contribution in [1.29, 1.82) is 0 Å². The molecule has 0 heterocycles. The van der Waals surface area contributed by atoms with E-state index in [0.29, 0.717) is 0 Å². The third-order valence-corrected chi connectivity index (χ3v) is 1.37. The molecular weight excluding hydrogens is 192 g/mol. The molecule has 1 unspecified atom stereocenters. The lowest BCUT2D eigenvalue weighted by Gasteiger charge is -2.27. The number of hydrogen-bond donors (Lipinski definition) is 2. The van der Waals surface area contributed by atoms with Gasteiger partial charge in [0, 0.05) is 0 Å². The maximum absolute atomic E-state index is 11.4. The van der Waals surface area contributed by atoms with E-state index in [1.807, 2.05) is 0 Å². The van der Waals surface area contributed by atoms with Crippen molar-refractivity contribution in [2.24, 2.45) is 0 Å². The molecule has 0 aromatic carbocycles. The lowest BCUT2D eigenvalue weighted by atomic mass is 10.1. The molecule has 0 amide bonds. The Hall–Kier alpha value is -0.690. The average Bonchev–Trinajstić information content (AvgIpc) is 2.01. The largest absolute Gasteiger partial charge is 0.458 e. The van der Waals surface area contributed by atoms with E-state index in [0.717, 1.165) is 0 Å². The summed E-state index contributed by atoms with van der Waals surface area (Å²) in [5.41, 5.74) is -2.42. The molecule has 0 aliphatic heterocycles. The topological polar surface area (TPSA) is 85.2 Å². The van der Waals surface area contributed by atoms with Crippen molar-refractivity contribution in [2.75, 3.05) is 6.61 Å². The third kappa shape index (κ3) is 4.01. The van der Waals surface area contributed by atoms with Gasteiger partial charge in [-0.1, -0.05) is 0 Å². The third-order valence-electron chi connectivity index (χ3n) is 1.37. The highest BCUT2D eigenvalue weighted by Crippen LogP contribution is 2.17. The summed E-state index contributed by atoms with van der Waals surface area (Å²) in [7, 11) is 0. The minimum atomic E-state index is -1.72. The van der Waals surface area contributed by atoms with Crippen LogP contribution in [0.1, 0.15) is 27.7 Å². The quantitative estimate of drug-likeness (QED) is 0.408. The zero-order chi connectivity index (χ0) is 11.4. The molecule has 6 nitrogen and oxygen atoms in total. The van der Waals surface area contributed by atoms with Crippen LogP contribution >= 0.6 is 0 Å². The fourth-order valence-electron chi connectivity index (χ4n) is 0.632. The highest BCUT2D eigenvalue weighted by molar-refractivity contribution is 5.79. The Bertz CT molecular complexity index is 196. The minimum absolute atomic E-state index is 0.515. The fraction of sp³-hybridized carbons (Fsp3) is 0.875. The monoisotopic (exact) mass is 208 g/mol. The zero-order valence-corrected chi connectivity index (χ0v) is 8.73. The molecule has 0 aliphatic rings. The van der Waals surface area contributed by atoms with Crippen molar-refractivity contribution < 1.29 is 29.8 Å². The Morgan fingerprint density at radius 3 is 2.00 bits per heavy atom. The van der Waals surface area contributed by atoms with Gasteiger partial charge in [-0.05, 0) is 27.7 Å². The van der Waals surface area contributed by atoms with Crippen LogP contribution in [0.4, 0.5) is 0 Å². The van der Waals surface area contributed by atoms with Gasteiger partial charge < -0.3 is 4.74 Å². The first kappa shape index (κ1) is 13.3. The van der Waals surface area contributed by atoms with Crippen LogP contribution in [0.15, 0.2) is 0 Å². The van der Waals surface area contributed by atoms with Gasteiger partial charge in [0.2, 0.25) is 5.60 Å². The van der Waals surface area contributed by atoms with Crippen molar-refractivity contribution in [1.82, 2.24) is 0 Å². The van der Waals surface area contributed by atoms with Gasteiger partial charge in [-0.2, -0.15) is 0 Å². The SMILES string of the molecule is CC(C)(C)OC(=O)C(C)(COO)OO. The number of esters is 1. The van der Waals surface area contributed by atoms with Crippen molar-refractivity contribution >= 4 is 5.97 Å². The molecule has 0 saturated heterocycles. The van der Waals surface area contributed by atoms with Gasteiger partial charge in [-0.15, -0.1) is 0 Å². The van der Waals surface area contributed by atoms with Crippen molar-refractivity contribution in [3.8, 4) is 0 Å². The number of carbonyl (C=O) groups is 1. The standard InChI is InChI=1S/C8H16O6/c1-7(2,3)13-6(9)8(4,14-11)5-12-10/h10-11H,5H2,1-4H3. The summed E-state index contributed by atoms with van der Waals surface area (Å²) in [5.74, 6) is -0.818. The average molecular weight is 208 g/mol. The molecule has 2 N–H and O–H groups in total. The minimum Gasteiger partial charge on any atom is -0.458 e. The van der Waals surface area contributed by atoms with E-state index in [9.17, 15) is 4.79 Å². The van der Waals surface area contributed by atoms with Crippen molar-refractivity contribution in [3.05, 3.63) is 0 Å². The van der Waals surface area contributed by atoms with Crippen LogP contribution in [-0.2, 0) is 19.3 Å². The molecule has 0 radical (unpaired) electrons. The Labute approximate surface area is 82.2 Å². The molecule has 0 bridgehead atoms. The van der Waals surface area contributed by atoms with Gasteiger partial charge in [0.25, 0.3) is 0 Å². The van der Waals surface area contributed by atoms with Crippen LogP contribution in [0.3, 0.4) is 0 Å². The van der Waals surface area contributed by atoms with E-state index in [4.69, 9.17) is 15.3 Å². The summed E-state index contributed by atoms with van der Waals surface area (Å²) in [6, 6.07) is 0. The van der Waals surface area contributed by atoms with Crippen LogP contribution in [0.25, 0.3) is 0 Å². The second-order valence-electron chi connectivity index (χ2n) is 4.10. The van der Waals surface area contributed by atoms with Crippen molar-refractivity contribution in [2.45, 2.75) is 38.9 Å². The van der Waals surface area contributed by atoms with Gasteiger partial charge in [-0.3, -0.25) is 10.5 Å². The number of carbonyl (C=O) groups excluding carboxylic acids is 1. The molecule has 1 atom stereocenters. The molecule has 0 spiro atoms. The second kappa shape index (κ2) is 4.70. The molecule has 0 aromatic rings. The first-order chi connectivity index (χ1) is 6.25. The molecule has 14 heavy (non-hydrogen) atoms. The Kier molecular flexibility index (Phi) is 4.47. The van der Waals surface area contributed by atoms with Crippen LogP contribution < -0.4 is 0 Å². The molecule has 0 rings (SSSR count). The molecule has 84 valence electrons. The summed E-state index contributed by atoms with van der Waals surface area (Å²) < 4.78 is 4.93. The summed E-state index contributed by atoms with van der Waals surface area (Å²) in [6.07, 6.45) is 0. The van der Waals surface area contributed by atoms with Crippen LogP contribution in [0.5, 0.6) is 0 Å².